The van der Waals surface area contributed by atoms with Gasteiger partial charge in [0.05, 0.1) is 11.1 Å². The third-order valence-corrected chi connectivity index (χ3v) is 4.67. The van der Waals surface area contributed by atoms with Crippen molar-refractivity contribution in [2.24, 2.45) is 0 Å². The van der Waals surface area contributed by atoms with E-state index in [9.17, 15) is 10.0 Å². The minimum absolute atomic E-state index is 0.229. The number of carbonyl (C=O) groups excluding carboxylic acids is 1. The van der Waals surface area contributed by atoms with Crippen molar-refractivity contribution in [1.29, 1.82) is 0 Å². The lowest BCUT2D eigenvalue weighted by molar-refractivity contribution is -0.577. The molecule has 0 fully saturated rings. The Kier molecular flexibility index (Phi) is 5.38. The zero-order valence-electron chi connectivity index (χ0n) is 15.7. The number of pyridine rings is 1. The molecule has 2 N–H and O–H groups in total. The van der Waals surface area contributed by atoms with Crippen LogP contribution in [-0.2, 0) is 17.8 Å². The molecule has 4 rings (SSSR count). The highest BCUT2D eigenvalue weighted by molar-refractivity contribution is 5.84. The van der Waals surface area contributed by atoms with Gasteiger partial charge in [-0.2, -0.15) is 9.83 Å². The minimum Gasteiger partial charge on any atom is -0.618 e. The van der Waals surface area contributed by atoms with E-state index in [1.54, 1.807) is 12.3 Å². The molecule has 0 aliphatic heterocycles. The van der Waals surface area contributed by atoms with Gasteiger partial charge in [0, 0.05) is 30.4 Å². The molecule has 0 aliphatic rings. The Labute approximate surface area is 167 Å². The number of ether oxygens (including phenoxy) is 1. The van der Waals surface area contributed by atoms with Crippen molar-refractivity contribution in [3.63, 3.8) is 0 Å². The summed E-state index contributed by atoms with van der Waals surface area (Å²) in [6.07, 6.45) is 3.34. The number of carbonyl (C=O) groups is 1. The molecule has 0 bridgehead atoms. The molecule has 29 heavy (non-hydrogen) atoms. The second-order valence-electron chi connectivity index (χ2n) is 6.60. The van der Waals surface area contributed by atoms with E-state index >= 15 is 0 Å². The van der Waals surface area contributed by atoms with Crippen LogP contribution in [0.25, 0.3) is 22.2 Å². The number of amides is 1. The number of alkyl carbamates (subject to hydrolysis) is 1. The van der Waals surface area contributed by atoms with Crippen molar-refractivity contribution < 1.29 is 14.3 Å². The second-order valence-corrected chi connectivity index (χ2v) is 6.60. The summed E-state index contributed by atoms with van der Waals surface area (Å²) in [7, 11) is 0. The van der Waals surface area contributed by atoms with Gasteiger partial charge in [0.15, 0.2) is 6.20 Å². The number of hydrogen-bond donors (Lipinski definition) is 2. The number of aromatic amines is 1. The highest BCUT2D eigenvalue weighted by Gasteiger charge is 2.12. The maximum absolute atomic E-state index is 12.3. The average molecular weight is 388 g/mol. The summed E-state index contributed by atoms with van der Waals surface area (Å²) in [4.78, 5) is 11.9. The molecule has 2 aromatic heterocycles. The van der Waals surface area contributed by atoms with Gasteiger partial charge >= 0.3 is 6.09 Å². The van der Waals surface area contributed by atoms with Gasteiger partial charge in [-0.05, 0) is 29.7 Å². The maximum atomic E-state index is 12.3. The Hall–Kier alpha value is -3.87. The molecule has 0 aliphatic carbocycles. The number of hydrogen-bond acceptors (Lipinski definition) is 4. The standard InChI is InChI=1S/C22H20N4O3/c27-22(29-15-16-4-2-1-3-5-16)23-11-8-17-10-13-26(28)21-14-18(6-7-19(17)21)20-9-12-24-25-20/h1-7,9-10,12-14H,8,11,15H2,(H,23,27)(H,24,25). The molecular weight excluding hydrogens is 368 g/mol. The van der Waals surface area contributed by atoms with Crippen LogP contribution in [0.5, 0.6) is 0 Å². The smallest absolute Gasteiger partial charge is 0.407 e. The van der Waals surface area contributed by atoms with Crippen LogP contribution in [0, 0.1) is 5.21 Å². The fourth-order valence-electron chi connectivity index (χ4n) is 3.19. The van der Waals surface area contributed by atoms with Gasteiger partial charge in [-0.3, -0.25) is 5.10 Å². The van der Waals surface area contributed by atoms with Gasteiger partial charge in [0.25, 0.3) is 0 Å². The van der Waals surface area contributed by atoms with Crippen LogP contribution in [0.4, 0.5) is 4.79 Å². The molecule has 0 spiro atoms. The molecule has 2 heterocycles. The maximum Gasteiger partial charge on any atom is 0.407 e. The highest BCUT2D eigenvalue weighted by Crippen LogP contribution is 2.23. The normalized spacial score (nSPS) is 10.8. The van der Waals surface area contributed by atoms with Crippen molar-refractivity contribution in [2.75, 3.05) is 6.54 Å². The van der Waals surface area contributed by atoms with E-state index < -0.39 is 6.09 Å². The largest absolute Gasteiger partial charge is 0.618 e. The first-order valence-electron chi connectivity index (χ1n) is 9.30. The number of nitrogens with zero attached hydrogens (tertiary/aromatic N) is 2. The molecule has 0 saturated heterocycles. The third kappa shape index (κ3) is 4.35. The SMILES string of the molecule is O=C(NCCc1cc[n+]([O-])c2cc(-c3cc[nH]n3)ccc12)OCc1ccccc1. The predicted octanol–water partition coefficient (Wildman–Crippen LogP) is 3.33. The number of nitrogens with one attached hydrogen (secondary N) is 2. The van der Waals surface area contributed by atoms with E-state index in [4.69, 9.17) is 4.74 Å². The van der Waals surface area contributed by atoms with Crippen molar-refractivity contribution in [2.45, 2.75) is 13.0 Å². The Bertz CT molecular complexity index is 1110. The Balaban J connectivity index is 1.40. The molecule has 0 atom stereocenters. The summed E-state index contributed by atoms with van der Waals surface area (Å²) in [6, 6.07) is 18.8. The van der Waals surface area contributed by atoms with Crippen molar-refractivity contribution >= 4 is 17.0 Å². The lowest BCUT2D eigenvalue weighted by atomic mass is 10.0. The van der Waals surface area contributed by atoms with E-state index in [0.717, 1.165) is 32.5 Å². The quantitative estimate of drug-likeness (QED) is 0.391. The number of fused-ring (bicyclic) bond motifs is 1. The fraction of sp³-hybridized carbons (Fsp3) is 0.136. The summed E-state index contributed by atoms with van der Waals surface area (Å²) in [6.45, 7) is 0.639. The van der Waals surface area contributed by atoms with Crippen LogP contribution in [-0.4, -0.2) is 22.8 Å². The number of aromatic nitrogens is 3. The number of H-pyrrole nitrogens is 1. The molecule has 0 unspecified atom stereocenters. The molecule has 0 radical (unpaired) electrons. The molecule has 7 heteroatoms. The van der Waals surface area contributed by atoms with Crippen LogP contribution in [0.2, 0.25) is 0 Å². The first kappa shape index (κ1) is 18.5. The first-order valence-corrected chi connectivity index (χ1v) is 9.30. The molecule has 0 saturated carbocycles. The summed E-state index contributed by atoms with van der Waals surface area (Å²) in [5, 5.41) is 22.8. The Morgan fingerprint density at radius 2 is 2.00 bits per heavy atom. The predicted molar refractivity (Wildman–Crippen MR) is 109 cm³/mol. The molecular formula is C22H20N4O3. The molecule has 7 nitrogen and oxygen atoms in total. The zero-order valence-corrected chi connectivity index (χ0v) is 15.7. The summed E-state index contributed by atoms with van der Waals surface area (Å²) < 4.78 is 6.06. The average Bonchev–Trinajstić information content (AvgIpc) is 3.29. The molecule has 4 aromatic rings. The van der Waals surface area contributed by atoms with E-state index in [-0.39, 0.29) is 6.61 Å². The van der Waals surface area contributed by atoms with Crippen LogP contribution in [0.15, 0.2) is 73.1 Å². The van der Waals surface area contributed by atoms with Gasteiger partial charge in [-0.25, -0.2) is 4.79 Å². The van der Waals surface area contributed by atoms with Crippen molar-refractivity contribution in [3.8, 4) is 11.3 Å². The van der Waals surface area contributed by atoms with E-state index in [2.05, 4.69) is 15.5 Å². The van der Waals surface area contributed by atoms with Gasteiger partial charge < -0.3 is 15.3 Å². The van der Waals surface area contributed by atoms with Crippen molar-refractivity contribution in [1.82, 2.24) is 15.5 Å². The van der Waals surface area contributed by atoms with E-state index in [0.29, 0.717) is 18.5 Å². The van der Waals surface area contributed by atoms with E-state index in [1.165, 1.54) is 6.20 Å². The van der Waals surface area contributed by atoms with Crippen molar-refractivity contribution in [3.05, 3.63) is 89.4 Å². The number of benzene rings is 2. The summed E-state index contributed by atoms with van der Waals surface area (Å²) in [5.74, 6) is 0. The summed E-state index contributed by atoms with van der Waals surface area (Å²) in [5.41, 5.74) is 4.12. The molecule has 1 amide bonds. The zero-order chi connectivity index (χ0) is 20.1. The topological polar surface area (TPSA) is 94.0 Å². The van der Waals surface area contributed by atoms with Crippen LogP contribution in [0.1, 0.15) is 11.1 Å². The highest BCUT2D eigenvalue weighted by atomic mass is 16.5. The van der Waals surface area contributed by atoms with Crippen LogP contribution in [0.3, 0.4) is 0 Å². The Morgan fingerprint density at radius 1 is 1.14 bits per heavy atom. The van der Waals surface area contributed by atoms with Crippen LogP contribution >= 0.6 is 0 Å². The monoisotopic (exact) mass is 388 g/mol. The summed E-state index contributed by atoms with van der Waals surface area (Å²) >= 11 is 0. The van der Waals surface area contributed by atoms with Gasteiger partial charge in [-0.15, -0.1) is 0 Å². The minimum atomic E-state index is -0.464. The second kappa shape index (κ2) is 8.43. The lowest BCUT2D eigenvalue weighted by Gasteiger charge is -2.10. The van der Waals surface area contributed by atoms with Gasteiger partial charge in [0.2, 0.25) is 5.52 Å². The Morgan fingerprint density at radius 3 is 2.79 bits per heavy atom. The fourth-order valence-corrected chi connectivity index (χ4v) is 3.19. The van der Waals surface area contributed by atoms with Gasteiger partial charge in [0.1, 0.15) is 6.61 Å². The lowest BCUT2D eigenvalue weighted by Crippen LogP contribution is -2.28. The third-order valence-electron chi connectivity index (χ3n) is 4.67. The first-order chi connectivity index (χ1) is 14.2. The van der Waals surface area contributed by atoms with E-state index in [1.807, 2.05) is 54.6 Å². The molecule has 146 valence electrons. The number of rotatable bonds is 6. The van der Waals surface area contributed by atoms with Gasteiger partial charge in [-0.1, -0.05) is 36.4 Å². The van der Waals surface area contributed by atoms with Crippen LogP contribution < -0.4 is 10.0 Å². The molecule has 2 aromatic carbocycles.